The Morgan fingerprint density at radius 2 is 1.84 bits per heavy atom. The van der Waals surface area contributed by atoms with Gasteiger partial charge in [0.1, 0.15) is 11.4 Å². The van der Waals surface area contributed by atoms with Crippen molar-refractivity contribution in [3.8, 4) is 17.0 Å². The van der Waals surface area contributed by atoms with Crippen molar-refractivity contribution in [1.82, 2.24) is 15.1 Å². The van der Waals surface area contributed by atoms with Crippen molar-refractivity contribution >= 4 is 11.8 Å². The van der Waals surface area contributed by atoms with Gasteiger partial charge in [0.25, 0.3) is 5.91 Å². The zero-order valence-electron chi connectivity index (χ0n) is 13.5. The van der Waals surface area contributed by atoms with E-state index >= 15 is 0 Å². The van der Waals surface area contributed by atoms with Crippen molar-refractivity contribution in [3.05, 3.63) is 71.9 Å². The first-order chi connectivity index (χ1) is 12.1. The zero-order chi connectivity index (χ0) is 17.4. The molecule has 1 amide bonds. The van der Waals surface area contributed by atoms with Crippen LogP contribution in [0, 0.1) is 0 Å². The Kier molecular flexibility index (Phi) is 3.57. The fourth-order valence-electron chi connectivity index (χ4n) is 2.81. The van der Waals surface area contributed by atoms with Crippen LogP contribution < -0.4 is 10.1 Å². The second-order valence-corrected chi connectivity index (χ2v) is 5.73. The Morgan fingerprint density at radius 3 is 2.60 bits per heavy atom. The summed E-state index contributed by atoms with van der Waals surface area (Å²) in [6, 6.07) is 16.5. The van der Waals surface area contributed by atoms with Gasteiger partial charge in [-0.3, -0.25) is 9.59 Å². The van der Waals surface area contributed by atoms with Crippen LogP contribution in [0.2, 0.25) is 0 Å². The topological polar surface area (TPSA) is 73.2 Å². The quantitative estimate of drug-likeness (QED) is 0.782. The number of hydrogen-bond acceptors (Lipinski definition) is 4. The number of fused-ring (bicyclic) bond motifs is 1. The van der Waals surface area contributed by atoms with Crippen LogP contribution in [0.15, 0.2) is 60.8 Å². The fourth-order valence-corrected chi connectivity index (χ4v) is 2.81. The lowest BCUT2D eigenvalue weighted by molar-refractivity contribution is 0.0757. The third-order valence-corrected chi connectivity index (χ3v) is 4.03. The average molecular weight is 333 g/mol. The van der Waals surface area contributed by atoms with Gasteiger partial charge < -0.3 is 10.1 Å². The van der Waals surface area contributed by atoms with E-state index in [1.54, 1.807) is 24.4 Å². The molecule has 0 radical (unpaired) electrons. The van der Waals surface area contributed by atoms with Gasteiger partial charge in [-0.1, -0.05) is 42.5 Å². The maximum atomic E-state index is 12.4. The molecule has 1 aliphatic rings. The lowest BCUT2D eigenvalue weighted by Crippen LogP contribution is -2.36. The van der Waals surface area contributed by atoms with Crippen LogP contribution in [-0.4, -0.2) is 21.6 Å². The van der Waals surface area contributed by atoms with Gasteiger partial charge in [-0.15, -0.1) is 0 Å². The summed E-state index contributed by atoms with van der Waals surface area (Å²) in [5.74, 6) is 0.0678. The van der Waals surface area contributed by atoms with Crippen LogP contribution in [0.3, 0.4) is 0 Å². The molecular weight excluding hydrogens is 318 g/mol. The van der Waals surface area contributed by atoms with Gasteiger partial charge in [0.05, 0.1) is 11.1 Å². The molecule has 0 spiro atoms. The van der Waals surface area contributed by atoms with Gasteiger partial charge in [0, 0.05) is 18.7 Å². The number of hydrogen-bond donors (Lipinski definition) is 1. The second-order valence-electron chi connectivity index (χ2n) is 5.73. The molecule has 0 fully saturated rings. The summed E-state index contributed by atoms with van der Waals surface area (Å²) in [6.45, 7) is 1.43. The number of amides is 1. The summed E-state index contributed by atoms with van der Waals surface area (Å²) >= 11 is 0. The summed E-state index contributed by atoms with van der Waals surface area (Å²) < 4.78 is 7.20. The Balaban J connectivity index is 1.80. The highest BCUT2D eigenvalue weighted by molar-refractivity contribution is 5.98. The van der Waals surface area contributed by atoms with Crippen LogP contribution in [0.25, 0.3) is 11.3 Å². The van der Waals surface area contributed by atoms with Gasteiger partial charge in [0.2, 0.25) is 12.1 Å². The van der Waals surface area contributed by atoms with E-state index in [0.29, 0.717) is 22.6 Å². The van der Waals surface area contributed by atoms with E-state index in [9.17, 15) is 9.59 Å². The molecule has 2 heterocycles. The van der Waals surface area contributed by atoms with Crippen molar-refractivity contribution in [1.29, 1.82) is 0 Å². The molecule has 3 aromatic rings. The number of carbonyl (C=O) groups is 2. The van der Waals surface area contributed by atoms with Crippen molar-refractivity contribution in [3.63, 3.8) is 0 Å². The summed E-state index contributed by atoms with van der Waals surface area (Å²) in [5, 5.41) is 7.20. The van der Waals surface area contributed by atoms with E-state index in [1.807, 2.05) is 36.4 Å². The van der Waals surface area contributed by atoms with E-state index < -0.39 is 6.23 Å². The normalized spacial score (nSPS) is 15.9. The molecule has 124 valence electrons. The number of aromatic nitrogens is 2. The second kappa shape index (κ2) is 5.90. The minimum absolute atomic E-state index is 0.217. The molecule has 1 atom stereocenters. The molecule has 0 saturated carbocycles. The predicted octanol–water partition coefficient (Wildman–Crippen LogP) is 3.03. The third-order valence-electron chi connectivity index (χ3n) is 4.03. The monoisotopic (exact) mass is 333 g/mol. The number of nitrogens with zero attached hydrogens (tertiary/aromatic N) is 2. The Bertz CT molecular complexity index is 963. The number of rotatable bonds is 2. The van der Waals surface area contributed by atoms with Gasteiger partial charge in [0.15, 0.2) is 0 Å². The summed E-state index contributed by atoms with van der Waals surface area (Å²) in [7, 11) is 0. The van der Waals surface area contributed by atoms with Crippen LogP contribution >= 0.6 is 0 Å². The summed E-state index contributed by atoms with van der Waals surface area (Å²) in [6.07, 6.45) is 0.884. The molecule has 0 bridgehead atoms. The largest absolute Gasteiger partial charge is 0.465 e. The average Bonchev–Trinajstić information content (AvgIpc) is 3.08. The maximum Gasteiger partial charge on any atom is 0.258 e. The van der Waals surface area contributed by atoms with Gasteiger partial charge in [-0.25, -0.2) is 4.68 Å². The molecule has 25 heavy (non-hydrogen) atoms. The SMILES string of the molecule is CC(=O)n1cc([C@H]2NC(=O)c3ccccc3O2)c(-c2ccccc2)n1. The lowest BCUT2D eigenvalue weighted by Gasteiger charge is -2.26. The molecule has 0 aliphatic carbocycles. The highest BCUT2D eigenvalue weighted by Crippen LogP contribution is 2.33. The van der Waals surface area contributed by atoms with Gasteiger partial charge >= 0.3 is 0 Å². The third kappa shape index (κ3) is 2.67. The number of para-hydroxylation sites is 1. The predicted molar refractivity (Wildman–Crippen MR) is 91.2 cm³/mol. The van der Waals surface area contributed by atoms with Crippen LogP contribution in [0.4, 0.5) is 0 Å². The van der Waals surface area contributed by atoms with Crippen LogP contribution in [0.5, 0.6) is 5.75 Å². The van der Waals surface area contributed by atoms with E-state index in [0.717, 1.165) is 5.56 Å². The highest BCUT2D eigenvalue weighted by atomic mass is 16.5. The minimum atomic E-state index is -0.717. The summed E-state index contributed by atoms with van der Waals surface area (Å²) in [5.41, 5.74) is 2.55. The number of carbonyl (C=O) groups excluding carboxylic acids is 2. The smallest absolute Gasteiger partial charge is 0.258 e. The maximum absolute atomic E-state index is 12.4. The number of nitrogens with one attached hydrogen (secondary N) is 1. The van der Waals surface area contributed by atoms with E-state index in [2.05, 4.69) is 10.4 Å². The van der Waals surface area contributed by atoms with Crippen molar-refractivity contribution < 1.29 is 14.3 Å². The van der Waals surface area contributed by atoms with E-state index in [-0.39, 0.29) is 11.8 Å². The molecule has 1 N–H and O–H groups in total. The molecule has 1 aromatic heterocycles. The fraction of sp³-hybridized carbons (Fsp3) is 0.105. The molecule has 6 nitrogen and oxygen atoms in total. The van der Waals surface area contributed by atoms with Gasteiger partial charge in [-0.05, 0) is 12.1 Å². The number of benzene rings is 2. The zero-order valence-corrected chi connectivity index (χ0v) is 13.5. The molecule has 0 unspecified atom stereocenters. The van der Waals surface area contributed by atoms with Crippen LogP contribution in [0.1, 0.15) is 33.9 Å². The molecule has 4 rings (SSSR count). The standard InChI is InChI=1S/C19H15N3O3/c1-12(23)22-11-15(17(21-22)13-7-3-2-4-8-13)19-20-18(24)14-9-5-6-10-16(14)25-19/h2-11,19H,1H3,(H,20,24)/t19-/m0/s1. The number of ether oxygens (including phenoxy) is 1. The summed E-state index contributed by atoms with van der Waals surface area (Å²) in [4.78, 5) is 24.1. The lowest BCUT2D eigenvalue weighted by atomic mass is 10.1. The van der Waals surface area contributed by atoms with Crippen LogP contribution in [-0.2, 0) is 0 Å². The van der Waals surface area contributed by atoms with E-state index in [4.69, 9.17) is 4.74 Å². The first-order valence-corrected chi connectivity index (χ1v) is 7.86. The first-order valence-electron chi connectivity index (χ1n) is 7.86. The van der Waals surface area contributed by atoms with Crippen molar-refractivity contribution in [2.45, 2.75) is 13.2 Å². The minimum Gasteiger partial charge on any atom is -0.465 e. The molecular formula is C19H15N3O3. The van der Waals surface area contributed by atoms with Gasteiger partial charge in [-0.2, -0.15) is 5.10 Å². The molecule has 0 saturated heterocycles. The van der Waals surface area contributed by atoms with E-state index in [1.165, 1.54) is 11.6 Å². The molecule has 6 heteroatoms. The Labute approximate surface area is 144 Å². The Morgan fingerprint density at radius 1 is 1.12 bits per heavy atom. The van der Waals surface area contributed by atoms with Crippen molar-refractivity contribution in [2.24, 2.45) is 0 Å². The molecule has 2 aromatic carbocycles. The first kappa shape index (κ1) is 15.1. The van der Waals surface area contributed by atoms with Crippen molar-refractivity contribution in [2.75, 3.05) is 0 Å². The highest BCUT2D eigenvalue weighted by Gasteiger charge is 2.30. The Hall–Kier alpha value is -3.41. The molecule has 1 aliphatic heterocycles.